The summed E-state index contributed by atoms with van der Waals surface area (Å²) in [7, 11) is 0. The third-order valence-corrected chi connectivity index (χ3v) is 3.13. The highest BCUT2D eigenvalue weighted by Gasteiger charge is 2.16. The Balaban J connectivity index is 2.33. The fourth-order valence-corrected chi connectivity index (χ4v) is 2.21. The molecule has 0 saturated heterocycles. The van der Waals surface area contributed by atoms with Crippen molar-refractivity contribution in [2.24, 2.45) is 0 Å². The van der Waals surface area contributed by atoms with Gasteiger partial charge >= 0.3 is 0 Å². The number of fused-ring (bicyclic) bond motifs is 1. The SMILES string of the molecule is CCn1c(-c2cccc(N)c2O)nc2cccnc21. The molecule has 5 heteroatoms. The van der Waals surface area contributed by atoms with Crippen LogP contribution in [0.2, 0.25) is 0 Å². The first-order valence-electron chi connectivity index (χ1n) is 6.11. The van der Waals surface area contributed by atoms with Crippen LogP contribution in [0.4, 0.5) is 5.69 Å². The maximum Gasteiger partial charge on any atom is 0.160 e. The van der Waals surface area contributed by atoms with Gasteiger partial charge in [0.2, 0.25) is 0 Å². The molecule has 0 atom stereocenters. The third kappa shape index (κ3) is 1.71. The second kappa shape index (κ2) is 4.28. The molecule has 0 aliphatic rings. The number of pyridine rings is 1. The number of phenolic OH excluding ortho intramolecular Hbond substituents is 1. The van der Waals surface area contributed by atoms with Crippen molar-refractivity contribution in [2.45, 2.75) is 13.5 Å². The number of nitrogen functional groups attached to an aromatic ring is 1. The zero-order chi connectivity index (χ0) is 13.4. The standard InChI is InChI=1S/C14H14N4O/c1-2-18-13(9-5-3-6-10(15)12(9)19)17-11-7-4-8-16-14(11)18/h3-8,19H,2,15H2,1H3. The second-order valence-corrected chi connectivity index (χ2v) is 4.27. The summed E-state index contributed by atoms with van der Waals surface area (Å²) in [5, 5.41) is 10.1. The number of nitrogens with zero attached hydrogens (tertiary/aromatic N) is 3. The lowest BCUT2D eigenvalue weighted by Gasteiger charge is -2.08. The van der Waals surface area contributed by atoms with E-state index >= 15 is 0 Å². The molecule has 0 aliphatic carbocycles. The van der Waals surface area contributed by atoms with Crippen LogP contribution in [-0.2, 0) is 6.54 Å². The van der Waals surface area contributed by atoms with E-state index in [2.05, 4.69) is 9.97 Å². The van der Waals surface area contributed by atoms with Gasteiger partial charge in [0.1, 0.15) is 17.1 Å². The number of hydrogen-bond acceptors (Lipinski definition) is 4. The normalized spacial score (nSPS) is 11.0. The first-order chi connectivity index (χ1) is 9.22. The molecule has 2 heterocycles. The minimum absolute atomic E-state index is 0.0625. The van der Waals surface area contributed by atoms with E-state index in [-0.39, 0.29) is 5.75 Å². The lowest BCUT2D eigenvalue weighted by molar-refractivity contribution is 0.479. The molecule has 0 aliphatic heterocycles. The van der Waals surface area contributed by atoms with Crippen molar-refractivity contribution >= 4 is 16.9 Å². The van der Waals surface area contributed by atoms with Crippen LogP contribution in [0.25, 0.3) is 22.6 Å². The summed E-state index contributed by atoms with van der Waals surface area (Å²) in [4.78, 5) is 8.88. The van der Waals surface area contributed by atoms with Gasteiger partial charge in [0.05, 0.1) is 11.3 Å². The number of aromatic nitrogens is 3. The first kappa shape index (κ1) is 11.5. The van der Waals surface area contributed by atoms with E-state index in [1.807, 2.05) is 23.6 Å². The van der Waals surface area contributed by atoms with Gasteiger partial charge in [-0.1, -0.05) is 6.07 Å². The van der Waals surface area contributed by atoms with Crippen molar-refractivity contribution in [1.82, 2.24) is 14.5 Å². The fourth-order valence-electron chi connectivity index (χ4n) is 2.21. The molecular weight excluding hydrogens is 240 g/mol. The minimum atomic E-state index is 0.0625. The van der Waals surface area contributed by atoms with Crippen molar-refractivity contribution in [2.75, 3.05) is 5.73 Å². The zero-order valence-corrected chi connectivity index (χ0v) is 10.5. The van der Waals surface area contributed by atoms with Crippen LogP contribution in [0.3, 0.4) is 0 Å². The van der Waals surface area contributed by atoms with Crippen LogP contribution in [0, 0.1) is 0 Å². The highest BCUT2D eigenvalue weighted by molar-refractivity contribution is 5.81. The molecule has 0 amide bonds. The van der Waals surface area contributed by atoms with Gasteiger partial charge in [-0.15, -0.1) is 0 Å². The quantitative estimate of drug-likeness (QED) is 0.544. The number of hydrogen-bond donors (Lipinski definition) is 2. The summed E-state index contributed by atoms with van der Waals surface area (Å²) >= 11 is 0. The van der Waals surface area contributed by atoms with Gasteiger partial charge in [-0.25, -0.2) is 9.97 Å². The molecular formula is C14H14N4O. The van der Waals surface area contributed by atoms with E-state index < -0.39 is 0 Å². The maximum absolute atomic E-state index is 10.1. The summed E-state index contributed by atoms with van der Waals surface area (Å²) < 4.78 is 1.96. The number of rotatable bonds is 2. The molecule has 0 bridgehead atoms. The molecule has 1 aromatic carbocycles. The molecule has 0 radical (unpaired) electrons. The largest absolute Gasteiger partial charge is 0.505 e. The number of anilines is 1. The Morgan fingerprint density at radius 2 is 2.11 bits per heavy atom. The zero-order valence-electron chi connectivity index (χ0n) is 10.5. The minimum Gasteiger partial charge on any atom is -0.505 e. The average Bonchev–Trinajstić information content (AvgIpc) is 2.80. The third-order valence-electron chi connectivity index (χ3n) is 3.13. The molecule has 0 unspecified atom stereocenters. The van der Waals surface area contributed by atoms with Crippen LogP contribution in [0.1, 0.15) is 6.92 Å². The number of benzene rings is 1. The van der Waals surface area contributed by atoms with Crippen LogP contribution >= 0.6 is 0 Å². The van der Waals surface area contributed by atoms with Gasteiger partial charge < -0.3 is 15.4 Å². The van der Waals surface area contributed by atoms with E-state index in [1.165, 1.54) is 0 Å². The van der Waals surface area contributed by atoms with E-state index in [1.54, 1.807) is 24.4 Å². The smallest absolute Gasteiger partial charge is 0.160 e. The highest BCUT2D eigenvalue weighted by Crippen LogP contribution is 2.34. The first-order valence-corrected chi connectivity index (χ1v) is 6.11. The van der Waals surface area contributed by atoms with Gasteiger partial charge in [-0.2, -0.15) is 0 Å². The summed E-state index contributed by atoms with van der Waals surface area (Å²) in [6, 6.07) is 9.02. The fraction of sp³-hybridized carbons (Fsp3) is 0.143. The predicted octanol–water partition coefficient (Wildman–Crippen LogP) is 2.41. The Bertz CT molecular complexity index is 748. The lowest BCUT2D eigenvalue weighted by atomic mass is 10.1. The van der Waals surface area contributed by atoms with Crippen molar-refractivity contribution < 1.29 is 5.11 Å². The van der Waals surface area contributed by atoms with Crippen molar-refractivity contribution in [3.05, 3.63) is 36.5 Å². The Kier molecular flexibility index (Phi) is 2.59. The summed E-state index contributed by atoms with van der Waals surface area (Å²) in [5.41, 5.74) is 8.33. The van der Waals surface area contributed by atoms with Crippen molar-refractivity contribution in [3.63, 3.8) is 0 Å². The summed E-state index contributed by atoms with van der Waals surface area (Å²) in [6.45, 7) is 2.74. The van der Waals surface area contributed by atoms with Crippen LogP contribution in [0.5, 0.6) is 5.75 Å². The van der Waals surface area contributed by atoms with Crippen LogP contribution < -0.4 is 5.73 Å². The van der Waals surface area contributed by atoms with E-state index in [9.17, 15) is 5.11 Å². The number of nitrogens with two attached hydrogens (primary N) is 1. The van der Waals surface area contributed by atoms with E-state index in [0.717, 1.165) is 17.7 Å². The Morgan fingerprint density at radius 3 is 2.89 bits per heavy atom. The van der Waals surface area contributed by atoms with Crippen LogP contribution in [-0.4, -0.2) is 19.6 Å². The van der Waals surface area contributed by atoms with E-state index in [4.69, 9.17) is 5.73 Å². The van der Waals surface area contributed by atoms with Gasteiger partial charge in [0.25, 0.3) is 0 Å². The molecule has 0 spiro atoms. The molecule has 3 rings (SSSR count). The maximum atomic E-state index is 10.1. The monoisotopic (exact) mass is 254 g/mol. The molecule has 96 valence electrons. The van der Waals surface area contributed by atoms with Crippen molar-refractivity contribution in [1.29, 1.82) is 0 Å². The second-order valence-electron chi connectivity index (χ2n) is 4.27. The number of aromatic hydroxyl groups is 1. The van der Waals surface area contributed by atoms with E-state index in [0.29, 0.717) is 17.1 Å². The predicted molar refractivity (Wildman–Crippen MR) is 74.7 cm³/mol. The Hall–Kier alpha value is -2.56. The summed E-state index contributed by atoms with van der Waals surface area (Å²) in [5.74, 6) is 0.744. The number of aryl methyl sites for hydroxylation is 1. The molecule has 0 saturated carbocycles. The topological polar surface area (TPSA) is 77.0 Å². The number of para-hydroxylation sites is 1. The summed E-state index contributed by atoms with van der Waals surface area (Å²) in [6.07, 6.45) is 1.74. The van der Waals surface area contributed by atoms with Crippen molar-refractivity contribution in [3.8, 4) is 17.1 Å². The van der Waals surface area contributed by atoms with Gasteiger partial charge in [-0.3, -0.25) is 0 Å². The average molecular weight is 254 g/mol. The molecule has 0 fully saturated rings. The Morgan fingerprint density at radius 1 is 1.26 bits per heavy atom. The molecule has 2 aromatic heterocycles. The van der Waals surface area contributed by atoms with Gasteiger partial charge in [-0.05, 0) is 31.2 Å². The number of imidazole rings is 1. The number of phenols is 1. The van der Waals surface area contributed by atoms with Gasteiger partial charge in [0.15, 0.2) is 5.65 Å². The molecule has 19 heavy (non-hydrogen) atoms. The highest BCUT2D eigenvalue weighted by atomic mass is 16.3. The Labute approximate surface area is 110 Å². The van der Waals surface area contributed by atoms with Gasteiger partial charge in [0, 0.05) is 12.7 Å². The molecule has 3 aromatic rings. The molecule has 5 nitrogen and oxygen atoms in total. The van der Waals surface area contributed by atoms with Crippen LogP contribution in [0.15, 0.2) is 36.5 Å². The lowest BCUT2D eigenvalue weighted by Crippen LogP contribution is -1.99. The molecule has 3 N–H and O–H groups in total.